The zero-order chi connectivity index (χ0) is 11.0. The zero-order valence-electron chi connectivity index (χ0n) is 9.50. The highest BCUT2D eigenvalue weighted by Gasteiger charge is 2.11. The maximum absolute atomic E-state index is 9.60. The lowest BCUT2D eigenvalue weighted by molar-refractivity contribution is -0.138. The van der Waals surface area contributed by atoms with Gasteiger partial charge in [0.2, 0.25) is 0 Å². The molecule has 1 fully saturated rings. The Morgan fingerprint density at radius 2 is 2.07 bits per heavy atom. The minimum Gasteiger partial charge on any atom is -0.462 e. The number of nitrogens with one attached hydrogen (secondary N) is 1. The number of ether oxygens (including phenoxy) is 2. The summed E-state index contributed by atoms with van der Waals surface area (Å²) in [6.45, 7) is 8.08. The third kappa shape index (κ3) is 8.01. The van der Waals surface area contributed by atoms with E-state index in [2.05, 4.69) is 10.1 Å². The van der Waals surface area contributed by atoms with E-state index in [4.69, 9.17) is 4.74 Å². The molecule has 0 aromatic heterocycles. The maximum atomic E-state index is 9.60. The van der Waals surface area contributed by atoms with Gasteiger partial charge in [-0.05, 0) is 33.7 Å². The van der Waals surface area contributed by atoms with Gasteiger partial charge in [-0.2, -0.15) is 0 Å². The van der Waals surface area contributed by atoms with E-state index in [1.54, 1.807) is 7.11 Å². The van der Waals surface area contributed by atoms with E-state index in [1.165, 1.54) is 6.42 Å². The molecule has 0 aromatic rings. The van der Waals surface area contributed by atoms with E-state index in [0.717, 1.165) is 13.1 Å². The van der Waals surface area contributed by atoms with Crippen molar-refractivity contribution in [2.24, 2.45) is 0 Å². The molecule has 0 unspecified atom stereocenters. The van der Waals surface area contributed by atoms with Crippen molar-refractivity contribution in [2.75, 3.05) is 20.2 Å². The van der Waals surface area contributed by atoms with Crippen molar-refractivity contribution in [1.29, 1.82) is 0 Å². The minimum atomic E-state index is -0.318. The van der Waals surface area contributed by atoms with Gasteiger partial charge in [-0.25, -0.2) is 0 Å². The predicted octanol–water partition coefficient (Wildman–Crippen LogP) is 0.953. The SMILES string of the molecule is CC(C)(C)OC=O.CO[C@@H]1CCNC1. The van der Waals surface area contributed by atoms with Gasteiger partial charge in [0.1, 0.15) is 5.60 Å². The normalized spacial score (nSPS) is 21.0. The van der Waals surface area contributed by atoms with Gasteiger partial charge in [0.05, 0.1) is 6.10 Å². The van der Waals surface area contributed by atoms with Gasteiger partial charge in [0, 0.05) is 13.7 Å². The zero-order valence-corrected chi connectivity index (χ0v) is 9.50. The average molecular weight is 203 g/mol. The minimum absolute atomic E-state index is 0.318. The molecule has 4 heteroatoms. The standard InChI is InChI=1S/C5H11NO.C5H10O2/c1-7-5-2-3-6-4-5;1-5(2,3)7-4-6/h5-6H,2-4H2,1H3;4H,1-3H3/t5-;/m1./s1. The molecule has 1 N–H and O–H groups in total. The Morgan fingerprint density at radius 1 is 1.43 bits per heavy atom. The van der Waals surface area contributed by atoms with Crippen LogP contribution < -0.4 is 5.32 Å². The summed E-state index contributed by atoms with van der Waals surface area (Å²) in [5, 5.41) is 3.20. The molecule has 14 heavy (non-hydrogen) atoms. The fourth-order valence-electron chi connectivity index (χ4n) is 0.974. The second-order valence-electron chi connectivity index (χ2n) is 4.18. The average Bonchev–Trinajstić information content (AvgIpc) is 2.54. The van der Waals surface area contributed by atoms with Crippen LogP contribution in [0.15, 0.2) is 0 Å². The first-order valence-corrected chi connectivity index (χ1v) is 4.84. The van der Waals surface area contributed by atoms with Crippen molar-refractivity contribution in [2.45, 2.75) is 38.9 Å². The summed E-state index contributed by atoms with van der Waals surface area (Å²) in [7, 11) is 1.76. The van der Waals surface area contributed by atoms with Crippen molar-refractivity contribution in [1.82, 2.24) is 5.32 Å². The van der Waals surface area contributed by atoms with Crippen LogP contribution in [0, 0.1) is 0 Å². The van der Waals surface area contributed by atoms with E-state index < -0.39 is 0 Å². The fraction of sp³-hybridized carbons (Fsp3) is 0.900. The Labute approximate surface area is 86.0 Å². The highest BCUT2D eigenvalue weighted by atomic mass is 16.5. The topological polar surface area (TPSA) is 47.6 Å². The maximum Gasteiger partial charge on any atom is 0.293 e. The summed E-state index contributed by atoms with van der Waals surface area (Å²) >= 11 is 0. The van der Waals surface area contributed by atoms with Gasteiger partial charge in [-0.1, -0.05) is 0 Å². The lowest BCUT2D eigenvalue weighted by Gasteiger charge is -2.14. The van der Waals surface area contributed by atoms with Crippen molar-refractivity contribution in [3.63, 3.8) is 0 Å². The third-order valence-corrected chi connectivity index (χ3v) is 1.75. The van der Waals surface area contributed by atoms with Crippen LogP contribution in [0.5, 0.6) is 0 Å². The Bertz CT molecular complexity index is 148. The van der Waals surface area contributed by atoms with Crippen molar-refractivity contribution >= 4 is 6.47 Å². The van der Waals surface area contributed by atoms with Crippen LogP contribution in [-0.4, -0.2) is 38.4 Å². The molecule has 0 spiro atoms. The van der Waals surface area contributed by atoms with Gasteiger partial charge in [0.25, 0.3) is 6.47 Å². The van der Waals surface area contributed by atoms with E-state index >= 15 is 0 Å². The first-order valence-electron chi connectivity index (χ1n) is 4.84. The highest BCUT2D eigenvalue weighted by Crippen LogP contribution is 2.02. The fourth-order valence-corrected chi connectivity index (χ4v) is 0.974. The van der Waals surface area contributed by atoms with E-state index in [9.17, 15) is 4.79 Å². The van der Waals surface area contributed by atoms with Crippen LogP contribution in [0.1, 0.15) is 27.2 Å². The quantitative estimate of drug-likeness (QED) is 0.679. The second-order valence-corrected chi connectivity index (χ2v) is 4.18. The van der Waals surface area contributed by atoms with E-state index in [1.807, 2.05) is 20.8 Å². The number of methoxy groups -OCH3 is 1. The molecule has 1 heterocycles. The molecule has 84 valence electrons. The molecule has 0 saturated carbocycles. The molecule has 1 saturated heterocycles. The number of carbonyl (C=O) groups excluding carboxylic acids is 1. The van der Waals surface area contributed by atoms with Gasteiger partial charge >= 0.3 is 0 Å². The number of hydrogen-bond acceptors (Lipinski definition) is 4. The molecule has 0 radical (unpaired) electrons. The molecule has 0 amide bonds. The van der Waals surface area contributed by atoms with Gasteiger partial charge in [0.15, 0.2) is 0 Å². The molecule has 1 aliphatic heterocycles. The summed E-state index contributed by atoms with van der Waals surface area (Å²) < 4.78 is 9.60. The molecule has 0 bridgehead atoms. The lowest BCUT2D eigenvalue weighted by atomic mass is 10.2. The summed E-state index contributed by atoms with van der Waals surface area (Å²) in [6.07, 6.45) is 1.66. The van der Waals surface area contributed by atoms with Crippen LogP contribution in [0.4, 0.5) is 0 Å². The summed E-state index contributed by atoms with van der Waals surface area (Å²) in [5.41, 5.74) is -0.318. The summed E-state index contributed by atoms with van der Waals surface area (Å²) in [5.74, 6) is 0. The third-order valence-electron chi connectivity index (χ3n) is 1.75. The van der Waals surface area contributed by atoms with Gasteiger partial charge < -0.3 is 14.8 Å². The van der Waals surface area contributed by atoms with Gasteiger partial charge in [-0.15, -0.1) is 0 Å². The van der Waals surface area contributed by atoms with Crippen molar-refractivity contribution in [3.05, 3.63) is 0 Å². The summed E-state index contributed by atoms with van der Waals surface area (Å²) in [4.78, 5) is 9.60. The van der Waals surface area contributed by atoms with Crippen LogP contribution in [0.25, 0.3) is 0 Å². The highest BCUT2D eigenvalue weighted by molar-refractivity contribution is 5.37. The smallest absolute Gasteiger partial charge is 0.293 e. The van der Waals surface area contributed by atoms with Crippen LogP contribution in [0.2, 0.25) is 0 Å². The molecule has 1 atom stereocenters. The first kappa shape index (κ1) is 13.4. The number of hydrogen-bond donors (Lipinski definition) is 1. The van der Waals surface area contributed by atoms with Gasteiger partial charge in [-0.3, -0.25) is 4.79 Å². The van der Waals surface area contributed by atoms with E-state index in [-0.39, 0.29) is 5.60 Å². The molecule has 0 aromatic carbocycles. The van der Waals surface area contributed by atoms with Crippen LogP contribution in [0.3, 0.4) is 0 Å². The van der Waals surface area contributed by atoms with Crippen LogP contribution >= 0.6 is 0 Å². The van der Waals surface area contributed by atoms with E-state index in [0.29, 0.717) is 12.6 Å². The molecule has 1 rings (SSSR count). The Hall–Kier alpha value is -0.610. The predicted molar refractivity (Wildman–Crippen MR) is 55.2 cm³/mol. The second kappa shape index (κ2) is 6.79. The molecule has 1 aliphatic rings. The van der Waals surface area contributed by atoms with Crippen LogP contribution in [-0.2, 0) is 14.3 Å². The van der Waals surface area contributed by atoms with Crippen molar-refractivity contribution < 1.29 is 14.3 Å². The molecular formula is C10H21NO3. The Kier molecular flexibility index (Phi) is 6.49. The number of rotatable bonds is 2. The molecule has 4 nitrogen and oxygen atoms in total. The monoisotopic (exact) mass is 203 g/mol. The first-order chi connectivity index (χ1) is 6.49. The largest absolute Gasteiger partial charge is 0.462 e. The lowest BCUT2D eigenvalue weighted by Crippen LogP contribution is -2.17. The Morgan fingerprint density at radius 3 is 2.21 bits per heavy atom. The Balaban J connectivity index is 0.000000241. The summed E-state index contributed by atoms with van der Waals surface area (Å²) in [6, 6.07) is 0. The molecule has 0 aliphatic carbocycles. The van der Waals surface area contributed by atoms with Crippen molar-refractivity contribution in [3.8, 4) is 0 Å². The number of carbonyl (C=O) groups is 1. The molecular weight excluding hydrogens is 182 g/mol.